The first-order valence-corrected chi connectivity index (χ1v) is 4.70. The number of aliphatic hydroxyl groups is 1. The second-order valence-corrected chi connectivity index (χ2v) is 3.65. The lowest BCUT2D eigenvalue weighted by molar-refractivity contribution is 0.169. The lowest BCUT2D eigenvalue weighted by Crippen LogP contribution is -2.41. The molecule has 0 saturated heterocycles. The monoisotopic (exact) mass is 177 g/mol. The van der Waals surface area contributed by atoms with Crippen LogP contribution >= 0.6 is 0 Å². The lowest BCUT2D eigenvalue weighted by Gasteiger charge is -2.27. The van der Waals surface area contributed by atoms with E-state index in [-0.39, 0.29) is 12.1 Å². The number of hydrogen-bond acceptors (Lipinski definition) is 2. The second-order valence-electron chi connectivity index (χ2n) is 3.65. The van der Waals surface area contributed by atoms with E-state index in [4.69, 9.17) is 0 Å². The van der Waals surface area contributed by atoms with Crippen molar-refractivity contribution in [1.82, 2.24) is 5.32 Å². The minimum absolute atomic E-state index is 0.181. The molecule has 0 aliphatic heterocycles. The predicted molar refractivity (Wildman–Crippen MR) is 52.6 cm³/mol. The Morgan fingerprint density at radius 2 is 2.23 bits per heavy atom. The molecule has 1 atom stereocenters. The maximum atomic E-state index is 9.40. The number of nitrogens with one attached hydrogen (secondary N) is 1. The summed E-state index contributed by atoms with van der Waals surface area (Å²) in [5.41, 5.74) is 2.45. The molecule has 0 aromatic heterocycles. The number of benzene rings is 1. The third-order valence-electron chi connectivity index (χ3n) is 3.10. The zero-order valence-electron chi connectivity index (χ0n) is 7.88. The van der Waals surface area contributed by atoms with Gasteiger partial charge in [-0.05, 0) is 31.0 Å². The molecule has 70 valence electrons. The summed E-state index contributed by atoms with van der Waals surface area (Å²) in [5, 5.41) is 12.6. The van der Waals surface area contributed by atoms with Crippen molar-refractivity contribution in [2.24, 2.45) is 0 Å². The van der Waals surface area contributed by atoms with Gasteiger partial charge in [0.2, 0.25) is 0 Å². The average molecular weight is 177 g/mol. The molecule has 2 rings (SSSR count). The van der Waals surface area contributed by atoms with Gasteiger partial charge in [-0.25, -0.2) is 0 Å². The highest BCUT2D eigenvalue weighted by molar-refractivity contribution is 5.38. The normalized spacial score (nSPS) is 26.0. The molecule has 0 amide bonds. The van der Waals surface area contributed by atoms with Crippen LogP contribution in [0.15, 0.2) is 24.3 Å². The summed E-state index contributed by atoms with van der Waals surface area (Å²) in [6.07, 6.45) is 2.07. The Labute approximate surface area is 78.6 Å². The fourth-order valence-electron chi connectivity index (χ4n) is 2.19. The molecular weight excluding hydrogens is 162 g/mol. The van der Waals surface area contributed by atoms with Crippen molar-refractivity contribution in [3.63, 3.8) is 0 Å². The zero-order valence-corrected chi connectivity index (χ0v) is 7.88. The van der Waals surface area contributed by atoms with Gasteiger partial charge in [-0.15, -0.1) is 0 Å². The van der Waals surface area contributed by atoms with Crippen molar-refractivity contribution in [2.45, 2.75) is 18.4 Å². The van der Waals surface area contributed by atoms with Gasteiger partial charge >= 0.3 is 0 Å². The summed E-state index contributed by atoms with van der Waals surface area (Å²) < 4.78 is 0. The Bertz CT molecular complexity index is 305. The van der Waals surface area contributed by atoms with E-state index in [1.165, 1.54) is 11.1 Å². The highest BCUT2D eigenvalue weighted by Gasteiger charge is 2.36. The van der Waals surface area contributed by atoms with Gasteiger partial charge in [0.1, 0.15) is 0 Å². The van der Waals surface area contributed by atoms with Crippen molar-refractivity contribution in [3.8, 4) is 0 Å². The summed E-state index contributed by atoms with van der Waals surface area (Å²) in [6.45, 7) is 0.181. The van der Waals surface area contributed by atoms with E-state index in [0.29, 0.717) is 0 Å². The van der Waals surface area contributed by atoms with E-state index in [0.717, 1.165) is 12.8 Å². The van der Waals surface area contributed by atoms with Crippen LogP contribution in [-0.4, -0.2) is 18.8 Å². The van der Waals surface area contributed by atoms with Gasteiger partial charge in [-0.3, -0.25) is 0 Å². The van der Waals surface area contributed by atoms with Crippen LogP contribution < -0.4 is 5.32 Å². The summed E-state index contributed by atoms with van der Waals surface area (Å²) in [4.78, 5) is 0. The maximum Gasteiger partial charge on any atom is 0.0672 e. The average Bonchev–Trinajstić information content (AvgIpc) is 2.58. The van der Waals surface area contributed by atoms with Crippen molar-refractivity contribution >= 4 is 0 Å². The highest BCUT2D eigenvalue weighted by atomic mass is 16.3. The molecule has 2 heteroatoms. The molecule has 1 aliphatic carbocycles. The molecule has 13 heavy (non-hydrogen) atoms. The van der Waals surface area contributed by atoms with E-state index in [2.05, 4.69) is 23.5 Å². The van der Waals surface area contributed by atoms with Crippen LogP contribution in [0, 0.1) is 0 Å². The van der Waals surface area contributed by atoms with E-state index in [1.54, 1.807) is 0 Å². The van der Waals surface area contributed by atoms with Gasteiger partial charge in [0.05, 0.1) is 12.1 Å². The van der Waals surface area contributed by atoms with Crippen LogP contribution in [-0.2, 0) is 12.0 Å². The Hall–Kier alpha value is -0.860. The summed E-state index contributed by atoms with van der Waals surface area (Å²) >= 11 is 0. The Morgan fingerprint density at radius 3 is 2.92 bits per heavy atom. The van der Waals surface area contributed by atoms with Crippen molar-refractivity contribution < 1.29 is 5.11 Å². The van der Waals surface area contributed by atoms with E-state index >= 15 is 0 Å². The Kier molecular flexibility index (Phi) is 2.10. The quantitative estimate of drug-likeness (QED) is 0.707. The number of hydrogen-bond donors (Lipinski definition) is 2. The van der Waals surface area contributed by atoms with Crippen LogP contribution in [0.2, 0.25) is 0 Å². The molecule has 1 aromatic carbocycles. The first kappa shape index (κ1) is 8.73. The molecule has 0 heterocycles. The van der Waals surface area contributed by atoms with Crippen molar-refractivity contribution in [1.29, 1.82) is 0 Å². The SMILES string of the molecule is CN[C@@]1(CO)CCc2ccccc21. The van der Waals surface area contributed by atoms with Crippen LogP contribution in [0.25, 0.3) is 0 Å². The number of rotatable bonds is 2. The van der Waals surface area contributed by atoms with Crippen molar-refractivity contribution in [3.05, 3.63) is 35.4 Å². The number of likely N-dealkylation sites (N-methyl/N-ethyl adjacent to an activating group) is 1. The Balaban J connectivity index is 2.47. The molecule has 0 unspecified atom stereocenters. The molecule has 1 aliphatic rings. The first-order valence-electron chi connectivity index (χ1n) is 4.70. The smallest absolute Gasteiger partial charge is 0.0672 e. The van der Waals surface area contributed by atoms with E-state index < -0.39 is 0 Å². The molecule has 2 N–H and O–H groups in total. The highest BCUT2D eigenvalue weighted by Crippen LogP contribution is 2.35. The fourth-order valence-corrected chi connectivity index (χ4v) is 2.19. The van der Waals surface area contributed by atoms with Gasteiger partial charge < -0.3 is 10.4 Å². The fraction of sp³-hybridized carbons (Fsp3) is 0.455. The molecule has 0 spiro atoms. The summed E-state index contributed by atoms with van der Waals surface area (Å²) in [6, 6.07) is 8.34. The van der Waals surface area contributed by atoms with Gasteiger partial charge in [-0.1, -0.05) is 24.3 Å². The van der Waals surface area contributed by atoms with Gasteiger partial charge in [-0.2, -0.15) is 0 Å². The topological polar surface area (TPSA) is 32.3 Å². The maximum absolute atomic E-state index is 9.40. The molecule has 1 aromatic rings. The molecule has 2 nitrogen and oxygen atoms in total. The molecule has 0 bridgehead atoms. The third-order valence-corrected chi connectivity index (χ3v) is 3.10. The number of aryl methyl sites for hydroxylation is 1. The van der Waals surface area contributed by atoms with Crippen molar-refractivity contribution in [2.75, 3.05) is 13.7 Å². The number of fused-ring (bicyclic) bond motifs is 1. The third kappa shape index (κ3) is 1.18. The minimum Gasteiger partial charge on any atom is -0.394 e. The van der Waals surface area contributed by atoms with Crippen LogP contribution in [0.5, 0.6) is 0 Å². The Morgan fingerprint density at radius 1 is 1.46 bits per heavy atom. The van der Waals surface area contributed by atoms with Gasteiger partial charge in [0.25, 0.3) is 0 Å². The van der Waals surface area contributed by atoms with E-state index in [1.807, 2.05) is 13.1 Å². The lowest BCUT2D eigenvalue weighted by atomic mass is 9.93. The standard InChI is InChI=1S/C11H15NO/c1-12-11(8-13)7-6-9-4-2-3-5-10(9)11/h2-5,12-13H,6-8H2,1H3/t11-/m1/s1. The zero-order chi connectivity index (χ0) is 9.31. The number of aliphatic hydroxyl groups excluding tert-OH is 1. The largest absolute Gasteiger partial charge is 0.394 e. The second kappa shape index (κ2) is 3.13. The summed E-state index contributed by atoms with van der Waals surface area (Å²) in [7, 11) is 1.92. The minimum atomic E-state index is -0.184. The van der Waals surface area contributed by atoms with Crippen LogP contribution in [0.3, 0.4) is 0 Å². The van der Waals surface area contributed by atoms with Crippen LogP contribution in [0.1, 0.15) is 17.5 Å². The molecular formula is C11H15NO. The summed E-state index contributed by atoms with van der Waals surface area (Å²) in [5.74, 6) is 0. The van der Waals surface area contributed by atoms with Gasteiger partial charge in [0, 0.05) is 0 Å². The van der Waals surface area contributed by atoms with Gasteiger partial charge in [0.15, 0.2) is 0 Å². The van der Waals surface area contributed by atoms with Crippen LogP contribution in [0.4, 0.5) is 0 Å². The van der Waals surface area contributed by atoms with E-state index in [9.17, 15) is 5.11 Å². The molecule has 0 radical (unpaired) electrons. The molecule has 0 fully saturated rings. The predicted octanol–water partition coefficient (Wildman–Crippen LogP) is 1.04. The first-order chi connectivity index (χ1) is 6.32. The molecule has 0 saturated carbocycles.